The number of unbranched alkanes of at least 4 members (excludes halogenated alkanes) is 3. The lowest BCUT2D eigenvalue weighted by molar-refractivity contribution is -0.157. The number of carbonyl (C=O) groups excluding carboxylic acids is 2. The highest BCUT2D eigenvalue weighted by Gasteiger charge is 2.57. The molecule has 2 aliphatic rings. The van der Waals surface area contributed by atoms with Gasteiger partial charge in [0.25, 0.3) is 5.91 Å². The summed E-state index contributed by atoms with van der Waals surface area (Å²) < 4.78 is 15.7. The van der Waals surface area contributed by atoms with E-state index in [1.54, 1.807) is 5.51 Å². The fraction of sp³-hybridized carbons (Fsp3) is 0.667. The Labute approximate surface area is 264 Å². The Morgan fingerprint density at radius 2 is 2.02 bits per heavy atom. The van der Waals surface area contributed by atoms with Gasteiger partial charge >= 0.3 is 5.97 Å². The van der Waals surface area contributed by atoms with Crippen molar-refractivity contribution in [1.29, 1.82) is 0 Å². The molecule has 4 heterocycles. The van der Waals surface area contributed by atoms with Gasteiger partial charge in [-0.1, -0.05) is 54.4 Å². The number of thioether (sulfide) groups is 2. The number of β-lactam (4-membered cyclic amide) rings is 1. The van der Waals surface area contributed by atoms with Crippen molar-refractivity contribution in [2.75, 3.05) is 56.8 Å². The first-order valence-corrected chi connectivity index (χ1v) is 17.3. The molecule has 0 aliphatic carbocycles. The highest BCUT2D eigenvalue weighted by atomic mass is 32.2. The van der Waals surface area contributed by atoms with E-state index < -0.39 is 28.7 Å². The molecule has 2 aromatic rings. The Morgan fingerprint density at radius 3 is 2.72 bits per heavy atom. The number of carboxylic acids is 1. The largest absolute Gasteiger partial charge is 0.481 e. The van der Waals surface area contributed by atoms with Gasteiger partial charge in [0.05, 0.1) is 19.8 Å². The predicted molar refractivity (Wildman–Crippen MR) is 163 cm³/mol. The quantitative estimate of drug-likeness (QED) is 0.0636. The lowest BCUT2D eigenvalue weighted by atomic mass is 9.89. The van der Waals surface area contributed by atoms with Crippen LogP contribution in [0, 0.1) is 5.41 Å². The van der Waals surface area contributed by atoms with Crippen LogP contribution in [0.2, 0.25) is 0 Å². The monoisotopic (exact) mass is 674 g/mol. The lowest BCUT2D eigenvalue weighted by Crippen LogP contribution is -2.74. The predicted octanol–water partition coefficient (Wildman–Crippen LogP) is 1.57. The molecule has 15 nitrogen and oxygen atoms in total. The minimum absolute atomic E-state index is 0.0230. The molecule has 0 saturated carbocycles. The fourth-order valence-corrected chi connectivity index (χ4v) is 8.00. The van der Waals surface area contributed by atoms with Gasteiger partial charge in [-0.15, -0.1) is 22.0 Å². The number of nitrogens with zero attached hydrogens (tertiary/aromatic N) is 6. The number of nitrogens with one attached hydrogen (secondary N) is 1. The van der Waals surface area contributed by atoms with Gasteiger partial charge in [0, 0.05) is 36.2 Å². The minimum Gasteiger partial charge on any atom is -0.481 e. The number of fused-ring (bicyclic) bond motifs is 1. The number of anilines is 1. The van der Waals surface area contributed by atoms with E-state index in [1.807, 2.05) is 0 Å². The van der Waals surface area contributed by atoms with Gasteiger partial charge in [0.1, 0.15) is 28.9 Å². The Bertz CT molecular complexity index is 1250. The van der Waals surface area contributed by atoms with E-state index in [9.17, 15) is 19.5 Å². The average molecular weight is 675 g/mol. The Kier molecular flexibility index (Phi) is 12.8. The number of carboxylic acid groups (broad SMARTS) is 1. The van der Waals surface area contributed by atoms with Crippen LogP contribution in [0.25, 0.3) is 0 Å². The molecule has 2 fully saturated rings. The molecular weight excluding hydrogens is 641 g/mol. The van der Waals surface area contributed by atoms with E-state index in [0.717, 1.165) is 24.4 Å². The number of hydrogen-bond donors (Lipinski definition) is 3. The molecule has 43 heavy (non-hydrogen) atoms. The van der Waals surface area contributed by atoms with Crippen molar-refractivity contribution in [2.45, 2.75) is 48.4 Å². The van der Waals surface area contributed by atoms with Crippen LogP contribution in [-0.2, 0) is 28.7 Å². The number of rotatable bonds is 19. The van der Waals surface area contributed by atoms with E-state index in [4.69, 9.17) is 20.0 Å². The van der Waals surface area contributed by atoms with Crippen LogP contribution in [0.5, 0.6) is 0 Å². The molecule has 0 radical (unpaired) electrons. The van der Waals surface area contributed by atoms with Crippen molar-refractivity contribution in [3.05, 3.63) is 11.3 Å². The lowest BCUT2D eigenvalue weighted by Gasteiger charge is -2.53. The zero-order chi connectivity index (χ0) is 30.7. The molecule has 4 N–H and O–H groups in total. The van der Waals surface area contributed by atoms with Gasteiger partial charge in [-0.05, 0) is 6.42 Å². The topological polar surface area (TPSA) is 204 Å². The summed E-state index contributed by atoms with van der Waals surface area (Å²) in [6.45, 7) is 4.06. The molecule has 2 aromatic heterocycles. The number of amides is 2. The highest BCUT2D eigenvalue weighted by molar-refractivity contribution is 8.01. The number of carbonyl (C=O) groups is 3. The molecule has 2 unspecified atom stereocenters. The van der Waals surface area contributed by atoms with Crippen molar-refractivity contribution >= 4 is 75.0 Å². The molecule has 0 bridgehead atoms. The summed E-state index contributed by atoms with van der Waals surface area (Å²) in [5, 5.41) is 24.1. The van der Waals surface area contributed by atoms with Crippen LogP contribution < -0.4 is 11.1 Å². The van der Waals surface area contributed by atoms with Crippen molar-refractivity contribution in [1.82, 2.24) is 29.8 Å². The number of hydrogen-bond acceptors (Lipinski definition) is 16. The second-order valence-electron chi connectivity index (χ2n) is 9.71. The maximum atomic E-state index is 13.2. The van der Waals surface area contributed by atoms with Crippen LogP contribution in [-0.4, -0.2) is 116 Å². The van der Waals surface area contributed by atoms with Gasteiger partial charge in [0.15, 0.2) is 9.47 Å². The van der Waals surface area contributed by atoms with Gasteiger partial charge in [0.2, 0.25) is 17.4 Å². The van der Waals surface area contributed by atoms with Crippen molar-refractivity contribution in [3.8, 4) is 0 Å². The molecule has 0 aromatic carbocycles. The van der Waals surface area contributed by atoms with Crippen LogP contribution in [0.15, 0.2) is 15.0 Å². The van der Waals surface area contributed by atoms with E-state index in [-0.39, 0.29) is 53.8 Å². The van der Waals surface area contributed by atoms with E-state index in [0.29, 0.717) is 24.2 Å². The number of aromatic nitrogens is 4. The number of ether oxygens (including phenoxy) is 2. The zero-order valence-corrected chi connectivity index (χ0v) is 26.8. The summed E-state index contributed by atoms with van der Waals surface area (Å²) in [4.78, 5) is 49.3. The number of nitrogen functional groups attached to an aromatic ring is 1. The molecule has 19 heteroatoms. The van der Waals surface area contributed by atoms with Crippen molar-refractivity contribution in [3.63, 3.8) is 0 Å². The molecule has 4 rings (SSSR count). The Balaban J connectivity index is 1.26. The third-order valence-electron chi connectivity index (χ3n) is 6.55. The fourth-order valence-electron chi connectivity index (χ4n) is 4.22. The van der Waals surface area contributed by atoms with Crippen molar-refractivity contribution < 1.29 is 33.8 Å². The maximum Gasteiger partial charge on any atom is 0.313 e. The minimum atomic E-state index is -1.16. The molecule has 2 saturated heterocycles. The SMILES string of the molecule is CCCCCCOCCOCCON=C(C(=O)NC1C(=O)N2CC(CSc3nncs3)(C(=O)O)CS[C@H]12)c1nsc(N)n1. The summed E-state index contributed by atoms with van der Waals surface area (Å²) in [6.07, 6.45) is 4.57. The van der Waals surface area contributed by atoms with E-state index >= 15 is 0 Å². The summed E-state index contributed by atoms with van der Waals surface area (Å²) in [5.41, 5.74) is 5.89. The Hall–Kier alpha value is -2.58. The summed E-state index contributed by atoms with van der Waals surface area (Å²) in [7, 11) is 0. The first kappa shape index (κ1) is 33.3. The molecule has 3 atom stereocenters. The third kappa shape index (κ3) is 8.98. The van der Waals surface area contributed by atoms with Crippen LogP contribution in [0.1, 0.15) is 38.4 Å². The summed E-state index contributed by atoms with van der Waals surface area (Å²) >= 11 is 4.82. The van der Waals surface area contributed by atoms with Crippen molar-refractivity contribution in [2.24, 2.45) is 10.6 Å². The smallest absolute Gasteiger partial charge is 0.313 e. The standard InChI is InChI=1S/C24H34N8O7S4/c1-2-3-4-5-6-37-7-8-38-9-10-39-30-15(17-28-22(25)43-31-17)18(33)27-16-19(34)32-11-24(21(35)36,12-40-20(16)32)13-41-23-29-26-14-42-23/h14,16,20H,2-13H2,1H3,(H,27,33)(H,35,36)(H2,25,28,31)/t16?,20-,24?/m1/s1. The Morgan fingerprint density at radius 1 is 1.23 bits per heavy atom. The highest BCUT2D eigenvalue weighted by Crippen LogP contribution is 2.44. The third-order valence-corrected chi connectivity index (χ3v) is 10.8. The number of oxime groups is 1. The second-order valence-corrected chi connectivity index (χ2v) is 13.7. The molecular formula is C24H34N8O7S4. The van der Waals surface area contributed by atoms with Gasteiger partial charge in [-0.3, -0.25) is 14.4 Å². The second kappa shape index (κ2) is 16.5. The average Bonchev–Trinajstić information content (AvgIpc) is 3.69. The zero-order valence-electron chi connectivity index (χ0n) is 23.5. The van der Waals surface area contributed by atoms with E-state index in [1.165, 1.54) is 52.6 Å². The molecule has 2 aliphatic heterocycles. The van der Waals surface area contributed by atoms with E-state index in [2.05, 4.69) is 37.0 Å². The normalized spacial score (nSPS) is 21.7. The number of aliphatic carboxylic acids is 1. The van der Waals surface area contributed by atoms with Crippen LogP contribution >= 0.6 is 46.4 Å². The van der Waals surface area contributed by atoms with Gasteiger partial charge in [-0.2, -0.15) is 9.36 Å². The molecule has 0 spiro atoms. The van der Waals surface area contributed by atoms with Gasteiger partial charge in [-0.25, -0.2) is 0 Å². The molecule has 236 valence electrons. The summed E-state index contributed by atoms with van der Waals surface area (Å²) in [5.74, 6) is -1.63. The van der Waals surface area contributed by atoms with Crippen LogP contribution in [0.4, 0.5) is 5.13 Å². The summed E-state index contributed by atoms with van der Waals surface area (Å²) in [6, 6.07) is -0.869. The molecule has 2 amide bonds. The van der Waals surface area contributed by atoms with Crippen LogP contribution in [0.3, 0.4) is 0 Å². The first-order valence-electron chi connectivity index (χ1n) is 13.6. The first-order chi connectivity index (χ1) is 20.8. The van der Waals surface area contributed by atoms with Gasteiger partial charge < -0.3 is 35.4 Å². The number of nitrogens with two attached hydrogens (primary N) is 1. The maximum absolute atomic E-state index is 13.2.